The fourth-order valence-corrected chi connectivity index (χ4v) is 3.88. The molecular formula is C21H29N3O5. The molecule has 1 N–H and O–H groups in total. The Kier molecular flexibility index (Phi) is 7.07. The second kappa shape index (κ2) is 9.12. The van der Waals surface area contributed by atoms with Crippen molar-refractivity contribution in [2.45, 2.75) is 71.4 Å². The Morgan fingerprint density at radius 1 is 1.21 bits per heavy atom. The van der Waals surface area contributed by atoms with Crippen molar-refractivity contribution in [2.75, 3.05) is 13.7 Å². The Balaban J connectivity index is 2.15. The number of nitrogens with zero attached hydrogens (tertiary/aromatic N) is 2. The van der Waals surface area contributed by atoms with E-state index in [4.69, 9.17) is 9.47 Å². The number of H-pyrrole nitrogens is 1. The van der Waals surface area contributed by atoms with E-state index in [9.17, 15) is 19.6 Å². The van der Waals surface area contributed by atoms with Gasteiger partial charge in [-0.05, 0) is 46.1 Å². The molecule has 0 spiro atoms. The highest BCUT2D eigenvalue weighted by molar-refractivity contribution is 5.99. The number of hydrogen-bond donors (Lipinski definition) is 1. The van der Waals surface area contributed by atoms with Gasteiger partial charge in [0.05, 0.1) is 18.2 Å². The first-order valence-corrected chi connectivity index (χ1v) is 9.94. The number of likely N-dealkylation sites (N-methyl/N-ethyl adjacent to an activating group) is 1. The quantitative estimate of drug-likeness (QED) is 0.731. The predicted octanol–water partition coefficient (Wildman–Crippen LogP) is 3.04. The second-order valence-electron chi connectivity index (χ2n) is 7.49. The molecule has 158 valence electrons. The van der Waals surface area contributed by atoms with Crippen LogP contribution in [0.1, 0.15) is 78.1 Å². The number of aromatic amines is 1. The Bertz CT molecular complexity index is 830. The molecule has 8 nitrogen and oxygen atoms in total. The number of esters is 2. The average molecular weight is 403 g/mol. The summed E-state index contributed by atoms with van der Waals surface area (Å²) in [5, 5.41) is 9.67. The lowest BCUT2D eigenvalue weighted by molar-refractivity contribution is -0.143. The number of nitrogens with one attached hydrogen (secondary N) is 1. The minimum atomic E-state index is -1.06. The molecule has 1 aromatic rings. The van der Waals surface area contributed by atoms with Gasteiger partial charge >= 0.3 is 11.9 Å². The van der Waals surface area contributed by atoms with Crippen molar-refractivity contribution in [2.24, 2.45) is 0 Å². The number of hydrogen-bond acceptors (Lipinski definition) is 6. The van der Waals surface area contributed by atoms with Gasteiger partial charge in [-0.3, -0.25) is 4.79 Å². The summed E-state index contributed by atoms with van der Waals surface area (Å²) in [6, 6.07) is 2.29. The molecule has 1 saturated carbocycles. The maximum Gasteiger partial charge on any atom is 0.355 e. The van der Waals surface area contributed by atoms with Crippen LogP contribution < -0.4 is 0 Å². The van der Waals surface area contributed by atoms with E-state index < -0.39 is 29.5 Å². The number of aromatic nitrogens is 1. The maximum absolute atomic E-state index is 12.9. The highest BCUT2D eigenvalue weighted by atomic mass is 16.5. The van der Waals surface area contributed by atoms with Crippen molar-refractivity contribution in [3.63, 3.8) is 0 Å². The smallest absolute Gasteiger partial charge is 0.355 e. The summed E-state index contributed by atoms with van der Waals surface area (Å²) in [5.74, 6) is -1.67. The number of carbonyl (C=O) groups is 3. The molecule has 29 heavy (non-hydrogen) atoms. The molecule has 1 heterocycles. The zero-order chi connectivity index (χ0) is 21.8. The Morgan fingerprint density at radius 2 is 1.83 bits per heavy atom. The molecule has 0 unspecified atom stereocenters. The number of ether oxygens (including phenoxy) is 2. The summed E-state index contributed by atoms with van der Waals surface area (Å²) in [5.41, 5.74) is 0.428. The second-order valence-corrected chi connectivity index (χ2v) is 7.49. The molecule has 1 aromatic heterocycles. The van der Waals surface area contributed by atoms with Crippen molar-refractivity contribution < 1.29 is 23.9 Å². The molecule has 0 aromatic carbocycles. The highest BCUT2D eigenvalue weighted by Gasteiger charge is 2.41. The minimum absolute atomic E-state index is 0.193. The third-order valence-electron chi connectivity index (χ3n) is 5.61. The zero-order valence-electron chi connectivity index (χ0n) is 17.8. The lowest BCUT2D eigenvalue weighted by Crippen LogP contribution is -2.53. The van der Waals surface area contributed by atoms with Crippen LogP contribution in [0.4, 0.5) is 0 Å². The van der Waals surface area contributed by atoms with Crippen LogP contribution in [-0.2, 0) is 14.3 Å². The summed E-state index contributed by atoms with van der Waals surface area (Å²) in [4.78, 5) is 41.9. The van der Waals surface area contributed by atoms with E-state index in [1.807, 2.05) is 0 Å². The molecule has 8 heteroatoms. The molecule has 0 bridgehead atoms. The molecule has 0 aliphatic heterocycles. The van der Waals surface area contributed by atoms with E-state index in [1.165, 1.54) is 11.8 Å². The largest absolute Gasteiger partial charge is 0.461 e. The number of amides is 1. The van der Waals surface area contributed by atoms with Crippen LogP contribution in [0.15, 0.2) is 0 Å². The van der Waals surface area contributed by atoms with Crippen LogP contribution >= 0.6 is 0 Å². The maximum atomic E-state index is 12.9. The monoisotopic (exact) mass is 403 g/mol. The number of carbonyl (C=O) groups excluding carboxylic acids is 3. The molecule has 0 saturated heterocycles. The zero-order valence-corrected chi connectivity index (χ0v) is 17.8. The van der Waals surface area contributed by atoms with E-state index in [-0.39, 0.29) is 17.9 Å². The molecule has 1 amide bonds. The van der Waals surface area contributed by atoms with Gasteiger partial charge in [-0.1, -0.05) is 19.3 Å². The normalized spacial score (nSPS) is 16.4. The van der Waals surface area contributed by atoms with Gasteiger partial charge in [0.1, 0.15) is 11.2 Å². The van der Waals surface area contributed by atoms with Crippen LogP contribution in [-0.4, -0.2) is 53.0 Å². The van der Waals surface area contributed by atoms with Crippen molar-refractivity contribution in [1.29, 1.82) is 5.26 Å². The van der Waals surface area contributed by atoms with Crippen LogP contribution in [0.2, 0.25) is 0 Å². The Hall–Kier alpha value is -2.82. The lowest BCUT2D eigenvalue weighted by atomic mass is 9.81. The average Bonchev–Trinajstić information content (AvgIpc) is 3.01. The van der Waals surface area contributed by atoms with Gasteiger partial charge < -0.3 is 19.4 Å². The van der Waals surface area contributed by atoms with Gasteiger partial charge in [0, 0.05) is 12.7 Å². The van der Waals surface area contributed by atoms with Crippen molar-refractivity contribution in [1.82, 2.24) is 9.88 Å². The summed E-state index contributed by atoms with van der Waals surface area (Å²) in [7, 11) is 1.59. The fourth-order valence-electron chi connectivity index (χ4n) is 3.88. The number of nitriles is 1. The summed E-state index contributed by atoms with van der Waals surface area (Å²) < 4.78 is 10.4. The standard InChI is InChI=1S/C21H29N3O5/c1-6-28-20(27)17-13(2)16(14(3)23-17)19(26)29-15(4)18(25)24(5)21(12-22)10-8-7-9-11-21/h15,23H,6-11H2,1-5H3/t15-/m1/s1. The van der Waals surface area contributed by atoms with Crippen LogP contribution in [0.25, 0.3) is 0 Å². The van der Waals surface area contributed by atoms with Crippen molar-refractivity contribution in [3.8, 4) is 6.07 Å². The summed E-state index contributed by atoms with van der Waals surface area (Å²) in [6.45, 7) is 6.68. The van der Waals surface area contributed by atoms with Gasteiger partial charge in [-0.15, -0.1) is 0 Å². The molecule has 1 atom stereocenters. The minimum Gasteiger partial charge on any atom is -0.461 e. The number of rotatable bonds is 6. The lowest BCUT2D eigenvalue weighted by Gasteiger charge is -2.39. The summed E-state index contributed by atoms with van der Waals surface area (Å²) >= 11 is 0. The Morgan fingerprint density at radius 3 is 2.38 bits per heavy atom. The van der Waals surface area contributed by atoms with Gasteiger partial charge in [0.2, 0.25) is 0 Å². The highest BCUT2D eigenvalue weighted by Crippen LogP contribution is 2.33. The first kappa shape index (κ1) is 22.5. The van der Waals surface area contributed by atoms with Gasteiger partial charge in [0.25, 0.3) is 5.91 Å². The third kappa shape index (κ3) is 4.44. The molecule has 2 rings (SSSR count). The SMILES string of the molecule is CCOC(=O)c1[nH]c(C)c(C(=O)O[C@H](C)C(=O)N(C)C2(C#N)CCCCC2)c1C. The first-order valence-electron chi connectivity index (χ1n) is 9.94. The van der Waals surface area contributed by atoms with E-state index in [1.54, 1.807) is 27.8 Å². The van der Waals surface area contributed by atoms with Crippen LogP contribution in [0.5, 0.6) is 0 Å². The van der Waals surface area contributed by atoms with Gasteiger partial charge in [-0.25, -0.2) is 9.59 Å². The van der Waals surface area contributed by atoms with E-state index >= 15 is 0 Å². The van der Waals surface area contributed by atoms with Gasteiger partial charge in [0.15, 0.2) is 6.10 Å². The van der Waals surface area contributed by atoms with E-state index in [2.05, 4.69) is 11.1 Å². The van der Waals surface area contributed by atoms with Gasteiger partial charge in [-0.2, -0.15) is 5.26 Å². The molecular weight excluding hydrogens is 374 g/mol. The first-order chi connectivity index (χ1) is 13.7. The van der Waals surface area contributed by atoms with Crippen LogP contribution in [0, 0.1) is 25.2 Å². The van der Waals surface area contributed by atoms with Crippen molar-refractivity contribution in [3.05, 3.63) is 22.5 Å². The number of aryl methyl sites for hydroxylation is 1. The molecule has 1 aliphatic rings. The Labute approximate surface area is 171 Å². The van der Waals surface area contributed by atoms with E-state index in [0.717, 1.165) is 19.3 Å². The van der Waals surface area contributed by atoms with Crippen molar-refractivity contribution >= 4 is 17.8 Å². The summed E-state index contributed by atoms with van der Waals surface area (Å²) in [6.07, 6.45) is 3.00. The fraction of sp³-hybridized carbons (Fsp3) is 0.619. The van der Waals surface area contributed by atoms with Crippen LogP contribution in [0.3, 0.4) is 0 Å². The molecule has 0 radical (unpaired) electrons. The van der Waals surface area contributed by atoms with E-state index in [0.29, 0.717) is 24.1 Å². The third-order valence-corrected chi connectivity index (χ3v) is 5.61. The molecule has 1 aliphatic carbocycles. The topological polar surface area (TPSA) is 112 Å². The predicted molar refractivity (Wildman–Crippen MR) is 105 cm³/mol. The molecule has 1 fully saturated rings.